The number of amides is 3. The quantitative estimate of drug-likeness (QED) is 0.140. The molecule has 2 rings (SSSR count). The van der Waals surface area contributed by atoms with Crippen molar-refractivity contribution in [1.29, 1.82) is 0 Å². The molecule has 38 heavy (non-hydrogen) atoms. The number of para-hydroxylation sites is 1. The normalized spacial score (nSPS) is 12.1. The van der Waals surface area contributed by atoms with Crippen LogP contribution in [-0.4, -0.2) is 79.6 Å². The Kier molecular flexibility index (Phi) is 13.4. The van der Waals surface area contributed by atoms with E-state index in [-0.39, 0.29) is 51.5 Å². The van der Waals surface area contributed by atoms with E-state index < -0.39 is 35.8 Å². The first kappa shape index (κ1) is 30.8. The van der Waals surface area contributed by atoms with E-state index in [2.05, 4.69) is 16.0 Å². The van der Waals surface area contributed by atoms with Gasteiger partial charge in [0.2, 0.25) is 0 Å². The fourth-order valence-corrected chi connectivity index (χ4v) is 7.18. The molecule has 0 aromatic heterocycles. The fraction of sp³-hybridized carbons (Fsp3) is 0.320. The molecule has 11 nitrogen and oxygen atoms in total. The zero-order chi connectivity index (χ0) is 27.9. The van der Waals surface area contributed by atoms with Gasteiger partial charge in [0.25, 0.3) is 0 Å². The van der Waals surface area contributed by atoms with Crippen LogP contribution in [0.3, 0.4) is 0 Å². The van der Waals surface area contributed by atoms with Crippen molar-refractivity contribution in [3.8, 4) is 0 Å². The standard InChI is InChI=1S/C25H30N4O7SSe/c1-2-36-22(31)14-27-24(33)19(29-21(30)13-12-18(26)25(34)35)15-37-38-20-11-7-6-10-17(20)23(32)28-16-8-4-3-5-9-16/h3-11,18-19H,2,12-15,26H2,1H3,(H,27,33)(H,28,32)(H,29,30)(H,34,35). The molecule has 0 saturated carbocycles. The number of benzene rings is 2. The van der Waals surface area contributed by atoms with Gasteiger partial charge in [-0.05, 0) is 0 Å². The van der Waals surface area contributed by atoms with Crippen molar-refractivity contribution in [2.24, 2.45) is 5.73 Å². The average molecular weight is 610 g/mol. The van der Waals surface area contributed by atoms with Crippen molar-refractivity contribution in [3.63, 3.8) is 0 Å². The summed E-state index contributed by atoms with van der Waals surface area (Å²) in [5, 5.41) is 16.8. The Bertz CT molecular complexity index is 1120. The van der Waals surface area contributed by atoms with E-state index in [1.165, 1.54) is 10.2 Å². The average Bonchev–Trinajstić information content (AvgIpc) is 2.90. The maximum absolute atomic E-state index is 12.8. The summed E-state index contributed by atoms with van der Waals surface area (Å²) in [7, 11) is 1.37. The summed E-state index contributed by atoms with van der Waals surface area (Å²) in [5.41, 5.74) is 6.61. The monoisotopic (exact) mass is 610 g/mol. The molecular weight excluding hydrogens is 579 g/mol. The third-order valence-corrected chi connectivity index (χ3v) is 9.15. The molecule has 6 N–H and O–H groups in total. The van der Waals surface area contributed by atoms with Crippen LogP contribution in [0.5, 0.6) is 0 Å². The summed E-state index contributed by atoms with van der Waals surface area (Å²) >= 11 is -0.305. The third kappa shape index (κ3) is 10.9. The number of ether oxygens (including phenoxy) is 1. The third-order valence-electron chi connectivity index (χ3n) is 4.91. The van der Waals surface area contributed by atoms with Gasteiger partial charge in [0.15, 0.2) is 0 Å². The molecule has 3 amide bonds. The van der Waals surface area contributed by atoms with Gasteiger partial charge < -0.3 is 0 Å². The van der Waals surface area contributed by atoms with Crippen LogP contribution in [0.1, 0.15) is 30.1 Å². The topological polar surface area (TPSA) is 177 Å². The Morgan fingerprint density at radius 2 is 1.74 bits per heavy atom. The number of nitrogens with two attached hydrogens (primary N) is 1. The van der Waals surface area contributed by atoms with Crippen molar-refractivity contribution in [2.75, 3.05) is 24.2 Å². The van der Waals surface area contributed by atoms with Crippen molar-refractivity contribution >= 4 is 63.8 Å². The van der Waals surface area contributed by atoms with E-state index >= 15 is 0 Å². The summed E-state index contributed by atoms with van der Waals surface area (Å²) in [6.45, 7) is 1.44. The molecule has 0 aliphatic carbocycles. The first-order valence-electron chi connectivity index (χ1n) is 11.7. The Morgan fingerprint density at radius 1 is 1.05 bits per heavy atom. The van der Waals surface area contributed by atoms with Gasteiger partial charge >= 0.3 is 230 Å². The number of rotatable bonds is 15. The van der Waals surface area contributed by atoms with E-state index in [9.17, 15) is 24.0 Å². The molecule has 0 bridgehead atoms. The van der Waals surface area contributed by atoms with Gasteiger partial charge in [-0.2, -0.15) is 0 Å². The van der Waals surface area contributed by atoms with Crippen molar-refractivity contribution in [2.45, 2.75) is 31.8 Å². The van der Waals surface area contributed by atoms with Crippen LogP contribution in [0.25, 0.3) is 0 Å². The van der Waals surface area contributed by atoms with Gasteiger partial charge in [0, 0.05) is 0 Å². The zero-order valence-electron chi connectivity index (χ0n) is 20.7. The first-order valence-corrected chi connectivity index (χ1v) is 15.5. The van der Waals surface area contributed by atoms with Crippen LogP contribution in [-0.2, 0) is 23.9 Å². The first-order chi connectivity index (χ1) is 18.2. The van der Waals surface area contributed by atoms with E-state index in [0.29, 0.717) is 11.3 Å². The van der Waals surface area contributed by atoms with Gasteiger partial charge in [-0.1, -0.05) is 0 Å². The van der Waals surface area contributed by atoms with Gasteiger partial charge in [0.05, 0.1) is 0 Å². The molecule has 13 heteroatoms. The molecule has 2 aromatic rings. The summed E-state index contributed by atoms with van der Waals surface area (Å²) in [5.74, 6) is -3.09. The molecule has 0 radical (unpaired) electrons. The number of carboxylic acid groups (broad SMARTS) is 1. The number of carboxylic acids is 1. The molecule has 0 aliphatic heterocycles. The van der Waals surface area contributed by atoms with Gasteiger partial charge in [0.1, 0.15) is 0 Å². The Hall–Kier alpha value is -3.38. The number of carbonyl (C=O) groups excluding carboxylic acids is 4. The van der Waals surface area contributed by atoms with E-state index in [4.69, 9.17) is 15.6 Å². The number of esters is 1. The number of hydrogen-bond acceptors (Lipinski definition) is 8. The molecule has 204 valence electrons. The summed E-state index contributed by atoms with van der Waals surface area (Å²) in [6, 6.07) is 14.0. The van der Waals surface area contributed by atoms with E-state index in [0.717, 1.165) is 4.46 Å². The van der Waals surface area contributed by atoms with Crippen LogP contribution in [0.4, 0.5) is 5.69 Å². The number of aliphatic carboxylic acids is 1. The molecule has 0 fully saturated rings. The second kappa shape index (κ2) is 16.5. The van der Waals surface area contributed by atoms with Crippen LogP contribution in [0.15, 0.2) is 54.6 Å². The summed E-state index contributed by atoms with van der Waals surface area (Å²) in [4.78, 5) is 60.5. The molecular formula is C25H30N4O7SSe. The number of anilines is 1. The van der Waals surface area contributed by atoms with Crippen LogP contribution in [0, 0.1) is 0 Å². The molecule has 0 heterocycles. The number of hydrogen-bond donors (Lipinski definition) is 5. The van der Waals surface area contributed by atoms with Crippen molar-refractivity contribution in [3.05, 3.63) is 60.2 Å². The summed E-state index contributed by atoms with van der Waals surface area (Å²) < 4.78 is 5.60. The van der Waals surface area contributed by atoms with Gasteiger partial charge in [-0.25, -0.2) is 0 Å². The minimum absolute atomic E-state index is 0.0979. The molecule has 0 spiro atoms. The summed E-state index contributed by atoms with van der Waals surface area (Å²) in [6.07, 6.45) is -0.285. The number of nitrogens with one attached hydrogen (secondary N) is 3. The Balaban J connectivity index is 2.03. The molecule has 2 unspecified atom stereocenters. The second-order valence-electron chi connectivity index (χ2n) is 7.81. The van der Waals surface area contributed by atoms with E-state index in [1.807, 2.05) is 30.3 Å². The molecule has 0 aliphatic rings. The fourth-order valence-electron chi connectivity index (χ4n) is 2.97. The van der Waals surface area contributed by atoms with E-state index in [1.54, 1.807) is 31.2 Å². The Morgan fingerprint density at radius 3 is 2.42 bits per heavy atom. The van der Waals surface area contributed by atoms with Crippen LogP contribution >= 0.6 is 10.2 Å². The van der Waals surface area contributed by atoms with Crippen LogP contribution in [0.2, 0.25) is 0 Å². The minimum atomic E-state index is -1.23. The predicted octanol–water partition coefficient (Wildman–Crippen LogP) is 0.273. The molecule has 2 aromatic carbocycles. The zero-order valence-corrected chi connectivity index (χ0v) is 23.2. The van der Waals surface area contributed by atoms with Gasteiger partial charge in [-0.15, -0.1) is 0 Å². The second-order valence-corrected chi connectivity index (χ2v) is 12.0. The SMILES string of the molecule is CCOC(=O)CNC(=O)C(CS[Se]c1ccccc1C(=O)Nc1ccccc1)NC(=O)CCC(N)C(=O)O. The van der Waals surface area contributed by atoms with Crippen molar-refractivity contribution < 1.29 is 33.8 Å². The molecule has 0 saturated heterocycles. The number of carbonyl (C=O) groups is 5. The van der Waals surface area contributed by atoms with Crippen molar-refractivity contribution in [1.82, 2.24) is 10.6 Å². The van der Waals surface area contributed by atoms with Crippen LogP contribution < -0.4 is 26.1 Å². The Labute approximate surface area is 229 Å². The predicted molar refractivity (Wildman–Crippen MR) is 145 cm³/mol. The van der Waals surface area contributed by atoms with Gasteiger partial charge in [-0.3, -0.25) is 0 Å². The maximum atomic E-state index is 12.8. The molecule has 2 atom stereocenters.